The smallest absolute Gasteiger partial charge is 0.223 e. The number of nitrogen functional groups attached to an aromatic ring is 1. The fraction of sp³-hybridized carbons (Fsp3) is 0.125. The highest BCUT2D eigenvalue weighted by molar-refractivity contribution is 7.99. The summed E-state index contributed by atoms with van der Waals surface area (Å²) in [6, 6.07) is 1.81. The molecule has 2 heterocycles. The van der Waals surface area contributed by atoms with Crippen molar-refractivity contribution in [3.05, 3.63) is 18.5 Å². The van der Waals surface area contributed by atoms with E-state index in [0.717, 1.165) is 10.2 Å². The van der Waals surface area contributed by atoms with Crippen LogP contribution in [0.25, 0.3) is 0 Å². The first-order chi connectivity index (χ1) is 7.28. The summed E-state index contributed by atoms with van der Waals surface area (Å²) in [5.74, 6) is 0.937. The predicted octanol–water partition coefficient (Wildman–Crippen LogP) is 0.975. The van der Waals surface area contributed by atoms with Gasteiger partial charge in [0.25, 0.3) is 0 Å². The Bertz CT molecular complexity index is 440. The molecule has 0 saturated carbocycles. The minimum atomic E-state index is 0.246. The van der Waals surface area contributed by atoms with Crippen molar-refractivity contribution in [1.29, 1.82) is 0 Å². The first kappa shape index (κ1) is 9.78. The van der Waals surface area contributed by atoms with E-state index in [-0.39, 0.29) is 5.95 Å². The number of nitrogens with two attached hydrogens (primary N) is 1. The van der Waals surface area contributed by atoms with Crippen molar-refractivity contribution < 1.29 is 0 Å². The average Bonchev–Trinajstić information content (AvgIpc) is 2.69. The quantitative estimate of drug-likeness (QED) is 0.670. The number of anilines is 2. The predicted molar refractivity (Wildman–Crippen MR) is 58.7 cm³/mol. The first-order valence-electron chi connectivity index (χ1n) is 4.27. The molecule has 0 aliphatic rings. The van der Waals surface area contributed by atoms with Crippen LogP contribution in [0, 0.1) is 0 Å². The normalized spacial score (nSPS) is 10.2. The van der Waals surface area contributed by atoms with Crippen LogP contribution in [0.4, 0.5) is 11.8 Å². The Hall–Kier alpha value is -1.76. The molecule has 0 aliphatic heterocycles. The second kappa shape index (κ2) is 4.18. The zero-order chi connectivity index (χ0) is 10.7. The largest absolute Gasteiger partial charge is 0.373 e. The van der Waals surface area contributed by atoms with E-state index in [1.807, 2.05) is 6.07 Å². The maximum Gasteiger partial charge on any atom is 0.223 e. The van der Waals surface area contributed by atoms with E-state index in [1.165, 1.54) is 11.8 Å². The van der Waals surface area contributed by atoms with E-state index >= 15 is 0 Å². The molecular weight excluding hydrogens is 212 g/mol. The van der Waals surface area contributed by atoms with Gasteiger partial charge in [0, 0.05) is 25.5 Å². The third-order valence-corrected chi connectivity index (χ3v) is 2.49. The highest BCUT2D eigenvalue weighted by Crippen LogP contribution is 2.24. The van der Waals surface area contributed by atoms with E-state index in [1.54, 1.807) is 19.4 Å². The molecule has 2 aromatic heterocycles. The number of imidazole rings is 1. The van der Waals surface area contributed by atoms with E-state index in [2.05, 4.69) is 25.3 Å². The van der Waals surface area contributed by atoms with E-state index in [9.17, 15) is 0 Å². The van der Waals surface area contributed by atoms with Gasteiger partial charge in [-0.15, -0.1) is 0 Å². The van der Waals surface area contributed by atoms with Gasteiger partial charge >= 0.3 is 0 Å². The molecule has 0 spiro atoms. The summed E-state index contributed by atoms with van der Waals surface area (Å²) >= 11 is 1.40. The van der Waals surface area contributed by atoms with Gasteiger partial charge in [-0.25, -0.2) is 9.97 Å². The van der Waals surface area contributed by atoms with Gasteiger partial charge in [0.1, 0.15) is 10.8 Å². The van der Waals surface area contributed by atoms with Gasteiger partial charge in [-0.05, 0) is 11.8 Å². The maximum absolute atomic E-state index is 5.56. The number of hydrogen-bond acceptors (Lipinski definition) is 6. The number of nitrogens with one attached hydrogen (secondary N) is 2. The molecule has 0 saturated heterocycles. The Labute approximate surface area is 90.7 Å². The second-order valence-electron chi connectivity index (χ2n) is 2.70. The standard InChI is InChI=1S/C8H10N6S/c1-10-5-4-6(14-7(9)13-5)15-8-11-2-3-12-8/h2-4H,1H3,(H,11,12)(H3,9,10,13,14). The Morgan fingerprint density at radius 1 is 1.47 bits per heavy atom. The molecule has 0 bridgehead atoms. The van der Waals surface area contributed by atoms with Gasteiger partial charge < -0.3 is 16.0 Å². The van der Waals surface area contributed by atoms with Crippen molar-refractivity contribution in [2.24, 2.45) is 0 Å². The lowest BCUT2D eigenvalue weighted by Crippen LogP contribution is -2.00. The van der Waals surface area contributed by atoms with Crippen LogP contribution in [-0.4, -0.2) is 27.0 Å². The zero-order valence-corrected chi connectivity index (χ0v) is 8.88. The topological polar surface area (TPSA) is 92.5 Å². The molecule has 2 aromatic rings. The highest BCUT2D eigenvalue weighted by Gasteiger charge is 2.04. The molecule has 0 aromatic carbocycles. The van der Waals surface area contributed by atoms with E-state index in [4.69, 9.17) is 5.73 Å². The van der Waals surface area contributed by atoms with Crippen LogP contribution in [0.5, 0.6) is 0 Å². The van der Waals surface area contributed by atoms with Crippen LogP contribution in [0.1, 0.15) is 0 Å². The van der Waals surface area contributed by atoms with Crippen molar-refractivity contribution in [3.63, 3.8) is 0 Å². The molecule has 0 amide bonds. The zero-order valence-electron chi connectivity index (χ0n) is 8.06. The van der Waals surface area contributed by atoms with Crippen molar-refractivity contribution in [2.75, 3.05) is 18.1 Å². The molecule has 0 radical (unpaired) electrons. The van der Waals surface area contributed by atoms with Crippen LogP contribution >= 0.6 is 11.8 Å². The Kier molecular flexibility index (Phi) is 2.72. The van der Waals surface area contributed by atoms with Crippen LogP contribution in [-0.2, 0) is 0 Å². The average molecular weight is 222 g/mol. The molecule has 15 heavy (non-hydrogen) atoms. The fourth-order valence-electron chi connectivity index (χ4n) is 1.03. The van der Waals surface area contributed by atoms with Gasteiger partial charge in [0.05, 0.1) is 0 Å². The SMILES string of the molecule is CNc1cc(Sc2ncc[nH]2)nc(N)n1. The van der Waals surface area contributed by atoms with Crippen molar-refractivity contribution in [3.8, 4) is 0 Å². The summed E-state index contributed by atoms with van der Waals surface area (Å²) in [4.78, 5) is 15.1. The number of rotatable bonds is 3. The van der Waals surface area contributed by atoms with Crippen LogP contribution in [0.2, 0.25) is 0 Å². The van der Waals surface area contributed by atoms with Gasteiger partial charge in [0.2, 0.25) is 5.95 Å². The number of H-pyrrole nitrogens is 1. The van der Waals surface area contributed by atoms with Crippen LogP contribution in [0.15, 0.2) is 28.6 Å². The van der Waals surface area contributed by atoms with Crippen LogP contribution in [0.3, 0.4) is 0 Å². The molecule has 2 rings (SSSR count). The van der Waals surface area contributed by atoms with E-state index < -0.39 is 0 Å². The van der Waals surface area contributed by atoms with Gasteiger partial charge in [-0.1, -0.05) is 0 Å². The van der Waals surface area contributed by atoms with Crippen molar-refractivity contribution in [2.45, 2.75) is 10.2 Å². The summed E-state index contributed by atoms with van der Waals surface area (Å²) in [6.07, 6.45) is 3.44. The third-order valence-electron chi connectivity index (χ3n) is 1.65. The van der Waals surface area contributed by atoms with Crippen LogP contribution < -0.4 is 11.1 Å². The Morgan fingerprint density at radius 2 is 2.33 bits per heavy atom. The summed E-state index contributed by atoms with van der Waals surface area (Å²) in [5.41, 5.74) is 5.56. The maximum atomic E-state index is 5.56. The van der Waals surface area contributed by atoms with Gasteiger partial charge in [0.15, 0.2) is 5.16 Å². The van der Waals surface area contributed by atoms with E-state index in [0.29, 0.717) is 5.82 Å². The molecule has 4 N–H and O–H groups in total. The number of aromatic amines is 1. The number of aromatic nitrogens is 4. The lowest BCUT2D eigenvalue weighted by Gasteiger charge is -2.02. The van der Waals surface area contributed by atoms with Crippen molar-refractivity contribution in [1.82, 2.24) is 19.9 Å². The number of nitrogens with zero attached hydrogens (tertiary/aromatic N) is 3. The molecule has 7 heteroatoms. The minimum absolute atomic E-state index is 0.246. The second-order valence-corrected chi connectivity index (χ2v) is 3.71. The summed E-state index contributed by atoms with van der Waals surface area (Å²) in [7, 11) is 1.78. The first-order valence-corrected chi connectivity index (χ1v) is 5.09. The monoisotopic (exact) mass is 222 g/mol. The molecule has 78 valence electrons. The molecule has 0 fully saturated rings. The lowest BCUT2D eigenvalue weighted by molar-refractivity contribution is 1.02. The number of hydrogen-bond donors (Lipinski definition) is 3. The lowest BCUT2D eigenvalue weighted by atomic mass is 10.6. The minimum Gasteiger partial charge on any atom is -0.373 e. The summed E-state index contributed by atoms with van der Waals surface area (Å²) in [6.45, 7) is 0. The molecular formula is C8H10N6S. The van der Waals surface area contributed by atoms with Gasteiger partial charge in [-0.3, -0.25) is 0 Å². The molecule has 0 aliphatic carbocycles. The Balaban J connectivity index is 2.24. The summed E-state index contributed by atoms with van der Waals surface area (Å²) in [5, 5.41) is 4.44. The van der Waals surface area contributed by atoms with Crippen molar-refractivity contribution >= 4 is 23.5 Å². The molecule has 6 nitrogen and oxygen atoms in total. The molecule has 0 unspecified atom stereocenters. The van der Waals surface area contributed by atoms with Gasteiger partial charge in [-0.2, -0.15) is 4.98 Å². The fourth-order valence-corrected chi connectivity index (χ4v) is 1.78. The summed E-state index contributed by atoms with van der Waals surface area (Å²) < 4.78 is 0. The third kappa shape index (κ3) is 2.38. The molecule has 0 atom stereocenters. The Morgan fingerprint density at radius 3 is 3.00 bits per heavy atom. The highest BCUT2D eigenvalue weighted by atomic mass is 32.2.